The van der Waals surface area contributed by atoms with Gasteiger partial charge in [0, 0.05) is 18.6 Å². The van der Waals surface area contributed by atoms with Crippen molar-refractivity contribution in [2.24, 2.45) is 5.73 Å². The fraction of sp³-hybridized carbons (Fsp3) is 0.800. The number of rotatable bonds is 7. The molecule has 1 saturated heterocycles. The SMILES string of the molecule is CC/C=C\CCCN1C[C@H](N)C[C@H]1C(=O)NC(C)C. The molecule has 0 saturated carbocycles. The standard InChI is InChI=1S/C15H29N3O/c1-4-5-6-7-8-9-18-11-13(16)10-14(18)15(19)17-12(2)3/h5-6,12-14H,4,7-11,16H2,1-3H3,(H,17,19)/b6-5-/t13-,14+/m1/s1. The quantitative estimate of drug-likeness (QED) is 0.545. The maximum absolute atomic E-state index is 12.1. The van der Waals surface area contributed by atoms with Gasteiger partial charge in [-0.15, -0.1) is 0 Å². The minimum absolute atomic E-state index is 0.0347. The van der Waals surface area contributed by atoms with Gasteiger partial charge in [-0.3, -0.25) is 9.69 Å². The molecule has 1 amide bonds. The van der Waals surface area contributed by atoms with Gasteiger partial charge in [-0.25, -0.2) is 0 Å². The normalized spacial score (nSPS) is 24.5. The van der Waals surface area contributed by atoms with Crippen LogP contribution in [0.2, 0.25) is 0 Å². The van der Waals surface area contributed by atoms with Crippen LogP contribution in [0.1, 0.15) is 46.5 Å². The highest BCUT2D eigenvalue weighted by Gasteiger charge is 2.34. The lowest BCUT2D eigenvalue weighted by Gasteiger charge is -2.24. The van der Waals surface area contributed by atoms with Crippen LogP contribution in [0.3, 0.4) is 0 Å². The van der Waals surface area contributed by atoms with Crippen molar-refractivity contribution >= 4 is 5.91 Å². The molecule has 19 heavy (non-hydrogen) atoms. The predicted octanol–water partition coefficient (Wildman–Crippen LogP) is 1.66. The van der Waals surface area contributed by atoms with E-state index in [0.29, 0.717) is 0 Å². The lowest BCUT2D eigenvalue weighted by atomic mass is 10.1. The maximum atomic E-state index is 12.1. The molecule has 4 nitrogen and oxygen atoms in total. The first-order valence-corrected chi connectivity index (χ1v) is 7.49. The number of likely N-dealkylation sites (tertiary alicyclic amines) is 1. The second-order valence-corrected chi connectivity index (χ2v) is 5.69. The number of hydrogen-bond acceptors (Lipinski definition) is 3. The third-order valence-electron chi connectivity index (χ3n) is 3.39. The number of unbranched alkanes of at least 4 members (excludes halogenated alkanes) is 1. The fourth-order valence-corrected chi connectivity index (χ4v) is 2.54. The first-order valence-electron chi connectivity index (χ1n) is 7.49. The Balaban J connectivity index is 2.41. The van der Waals surface area contributed by atoms with Gasteiger partial charge >= 0.3 is 0 Å². The number of nitrogens with two attached hydrogens (primary N) is 1. The van der Waals surface area contributed by atoms with E-state index >= 15 is 0 Å². The Hall–Kier alpha value is -0.870. The van der Waals surface area contributed by atoms with E-state index in [-0.39, 0.29) is 24.0 Å². The van der Waals surface area contributed by atoms with E-state index in [1.165, 1.54) is 0 Å². The van der Waals surface area contributed by atoms with Gasteiger partial charge in [-0.1, -0.05) is 19.1 Å². The number of carbonyl (C=O) groups excluding carboxylic acids is 1. The molecular weight excluding hydrogens is 238 g/mol. The molecule has 3 N–H and O–H groups in total. The van der Waals surface area contributed by atoms with Crippen LogP contribution in [0.5, 0.6) is 0 Å². The Morgan fingerprint density at radius 3 is 2.84 bits per heavy atom. The zero-order valence-corrected chi connectivity index (χ0v) is 12.6. The van der Waals surface area contributed by atoms with Crippen molar-refractivity contribution in [3.05, 3.63) is 12.2 Å². The summed E-state index contributed by atoms with van der Waals surface area (Å²) >= 11 is 0. The predicted molar refractivity (Wildman–Crippen MR) is 79.9 cm³/mol. The summed E-state index contributed by atoms with van der Waals surface area (Å²) in [5.74, 6) is 0.132. The first kappa shape index (κ1) is 16.2. The van der Waals surface area contributed by atoms with Crippen LogP contribution in [0.25, 0.3) is 0 Å². The molecule has 1 aliphatic rings. The molecule has 1 aliphatic heterocycles. The molecule has 0 bridgehead atoms. The molecule has 2 atom stereocenters. The van der Waals surface area contributed by atoms with Gasteiger partial charge in [0.2, 0.25) is 5.91 Å². The Labute approximate surface area is 117 Å². The molecule has 0 spiro atoms. The smallest absolute Gasteiger partial charge is 0.237 e. The lowest BCUT2D eigenvalue weighted by Crippen LogP contribution is -2.45. The van der Waals surface area contributed by atoms with Gasteiger partial charge in [0.1, 0.15) is 0 Å². The summed E-state index contributed by atoms with van der Waals surface area (Å²) < 4.78 is 0. The molecule has 1 rings (SSSR count). The zero-order valence-electron chi connectivity index (χ0n) is 12.6. The second kappa shape index (κ2) is 8.33. The van der Waals surface area contributed by atoms with Crippen molar-refractivity contribution < 1.29 is 4.79 Å². The highest BCUT2D eigenvalue weighted by Crippen LogP contribution is 2.17. The summed E-state index contributed by atoms with van der Waals surface area (Å²) in [5.41, 5.74) is 6.00. The van der Waals surface area contributed by atoms with Crippen molar-refractivity contribution in [2.45, 2.75) is 64.6 Å². The van der Waals surface area contributed by atoms with E-state index in [2.05, 4.69) is 29.3 Å². The monoisotopic (exact) mass is 267 g/mol. The highest BCUT2D eigenvalue weighted by molar-refractivity contribution is 5.82. The summed E-state index contributed by atoms with van der Waals surface area (Å²) in [4.78, 5) is 14.4. The van der Waals surface area contributed by atoms with Crippen LogP contribution in [0.15, 0.2) is 12.2 Å². The maximum Gasteiger partial charge on any atom is 0.237 e. The van der Waals surface area contributed by atoms with Crippen LogP contribution in [-0.4, -0.2) is 42.0 Å². The van der Waals surface area contributed by atoms with Crippen molar-refractivity contribution in [1.29, 1.82) is 0 Å². The van der Waals surface area contributed by atoms with Crippen LogP contribution < -0.4 is 11.1 Å². The Kier molecular flexibility index (Phi) is 7.10. The molecule has 0 aromatic heterocycles. The number of nitrogens with one attached hydrogen (secondary N) is 1. The van der Waals surface area contributed by atoms with Crippen LogP contribution >= 0.6 is 0 Å². The highest BCUT2D eigenvalue weighted by atomic mass is 16.2. The van der Waals surface area contributed by atoms with Crippen molar-refractivity contribution in [1.82, 2.24) is 10.2 Å². The number of nitrogens with zero attached hydrogens (tertiary/aromatic N) is 1. The molecule has 1 heterocycles. The lowest BCUT2D eigenvalue weighted by molar-refractivity contribution is -0.126. The fourth-order valence-electron chi connectivity index (χ4n) is 2.54. The molecule has 0 radical (unpaired) electrons. The van der Waals surface area contributed by atoms with E-state index in [9.17, 15) is 4.79 Å². The average molecular weight is 267 g/mol. The van der Waals surface area contributed by atoms with E-state index in [4.69, 9.17) is 5.73 Å². The molecule has 1 fully saturated rings. The van der Waals surface area contributed by atoms with E-state index < -0.39 is 0 Å². The van der Waals surface area contributed by atoms with Gasteiger partial charge < -0.3 is 11.1 Å². The minimum Gasteiger partial charge on any atom is -0.353 e. The van der Waals surface area contributed by atoms with Crippen LogP contribution in [-0.2, 0) is 4.79 Å². The van der Waals surface area contributed by atoms with Gasteiger partial charge in [0.25, 0.3) is 0 Å². The second-order valence-electron chi connectivity index (χ2n) is 5.69. The summed E-state index contributed by atoms with van der Waals surface area (Å²) in [5, 5.41) is 3.00. The van der Waals surface area contributed by atoms with E-state index in [1.54, 1.807) is 0 Å². The van der Waals surface area contributed by atoms with Gasteiger partial charge in [0.05, 0.1) is 6.04 Å². The largest absolute Gasteiger partial charge is 0.353 e. The molecule has 0 aliphatic carbocycles. The van der Waals surface area contributed by atoms with Crippen molar-refractivity contribution in [3.8, 4) is 0 Å². The summed E-state index contributed by atoms with van der Waals surface area (Å²) in [6, 6.07) is 0.292. The third kappa shape index (κ3) is 5.74. The van der Waals surface area contributed by atoms with Gasteiger partial charge in [-0.05, 0) is 46.1 Å². The third-order valence-corrected chi connectivity index (χ3v) is 3.39. The molecule has 0 aromatic carbocycles. The summed E-state index contributed by atoms with van der Waals surface area (Å²) in [6.07, 6.45) is 8.46. The molecular formula is C15H29N3O. The number of hydrogen-bond donors (Lipinski definition) is 2. The molecule has 4 heteroatoms. The topological polar surface area (TPSA) is 58.4 Å². The zero-order chi connectivity index (χ0) is 14.3. The molecule has 0 unspecified atom stereocenters. The molecule has 0 aromatic rings. The first-order chi connectivity index (χ1) is 9.04. The Morgan fingerprint density at radius 2 is 2.21 bits per heavy atom. The number of carbonyl (C=O) groups is 1. The van der Waals surface area contributed by atoms with E-state index in [1.807, 2.05) is 13.8 Å². The van der Waals surface area contributed by atoms with Crippen LogP contribution in [0.4, 0.5) is 0 Å². The summed E-state index contributed by atoms with van der Waals surface area (Å²) in [6.45, 7) is 7.92. The summed E-state index contributed by atoms with van der Waals surface area (Å²) in [7, 11) is 0. The minimum atomic E-state index is -0.0347. The van der Waals surface area contributed by atoms with Gasteiger partial charge in [-0.2, -0.15) is 0 Å². The number of allylic oxidation sites excluding steroid dienone is 2. The molecule has 110 valence electrons. The Morgan fingerprint density at radius 1 is 1.47 bits per heavy atom. The number of amides is 1. The van der Waals surface area contributed by atoms with Crippen molar-refractivity contribution in [3.63, 3.8) is 0 Å². The van der Waals surface area contributed by atoms with Gasteiger partial charge in [0.15, 0.2) is 0 Å². The van der Waals surface area contributed by atoms with Crippen LogP contribution in [0, 0.1) is 0 Å². The Bertz CT molecular complexity index is 302. The van der Waals surface area contributed by atoms with Crippen molar-refractivity contribution in [2.75, 3.05) is 13.1 Å². The average Bonchev–Trinajstić information content (AvgIpc) is 2.69. The van der Waals surface area contributed by atoms with E-state index in [0.717, 1.165) is 38.8 Å².